The zero-order chi connectivity index (χ0) is 19.2. The van der Waals surface area contributed by atoms with Crippen LogP contribution in [0.5, 0.6) is 0 Å². The quantitative estimate of drug-likeness (QED) is 0.428. The van der Waals surface area contributed by atoms with E-state index >= 15 is 0 Å². The number of piperazine rings is 1. The number of hydrogen-bond donors (Lipinski definition) is 1. The fraction of sp³-hybridized carbons (Fsp3) is 0.588. The number of nitrogens with zero attached hydrogens (tertiary/aromatic N) is 3. The van der Waals surface area contributed by atoms with Crippen molar-refractivity contribution in [2.75, 3.05) is 63.4 Å². The molecule has 26 heavy (non-hydrogen) atoms. The number of carbonyl (C=O) groups excluding carboxylic acids is 1. The van der Waals surface area contributed by atoms with Crippen LogP contribution >= 0.6 is 22.6 Å². The molecule has 0 saturated carbocycles. The molecule has 1 aromatic carbocycles. The third kappa shape index (κ3) is 7.01. The SMILES string of the molecule is CN1CCN(CCCNC(=O)CN(c2ccc(I)cc2)S(C)(=O)=O)CC1. The van der Waals surface area contributed by atoms with Crippen molar-refractivity contribution >= 4 is 44.2 Å². The normalized spacial score (nSPS) is 16.4. The van der Waals surface area contributed by atoms with Gasteiger partial charge < -0.3 is 15.1 Å². The van der Waals surface area contributed by atoms with Crippen LogP contribution in [0.1, 0.15) is 6.42 Å². The number of halogens is 1. The molecule has 1 saturated heterocycles. The molecule has 0 atom stereocenters. The second-order valence-electron chi connectivity index (χ2n) is 6.59. The van der Waals surface area contributed by atoms with Gasteiger partial charge in [0.1, 0.15) is 6.54 Å². The molecule has 9 heteroatoms. The van der Waals surface area contributed by atoms with Gasteiger partial charge in [0.25, 0.3) is 0 Å². The highest BCUT2D eigenvalue weighted by Crippen LogP contribution is 2.18. The van der Waals surface area contributed by atoms with Crippen molar-refractivity contribution in [2.45, 2.75) is 6.42 Å². The van der Waals surface area contributed by atoms with Gasteiger partial charge in [-0.15, -0.1) is 0 Å². The van der Waals surface area contributed by atoms with Crippen LogP contribution in [0.4, 0.5) is 5.69 Å². The number of likely N-dealkylation sites (N-methyl/N-ethyl adjacent to an activating group) is 1. The molecule has 7 nitrogen and oxygen atoms in total. The van der Waals surface area contributed by atoms with Gasteiger partial charge >= 0.3 is 0 Å². The summed E-state index contributed by atoms with van der Waals surface area (Å²) in [6.45, 7) is 5.56. The van der Waals surface area contributed by atoms with Crippen LogP contribution < -0.4 is 9.62 Å². The molecule has 146 valence electrons. The Hall–Kier alpha value is -0.910. The van der Waals surface area contributed by atoms with Crippen LogP contribution in [0.15, 0.2) is 24.3 Å². The Balaban J connectivity index is 1.79. The van der Waals surface area contributed by atoms with Gasteiger partial charge in [-0.3, -0.25) is 9.10 Å². The van der Waals surface area contributed by atoms with Crippen LogP contribution in [0.2, 0.25) is 0 Å². The largest absolute Gasteiger partial charge is 0.354 e. The predicted octanol–water partition coefficient (Wildman–Crippen LogP) is 0.811. The van der Waals surface area contributed by atoms with Crippen molar-refractivity contribution in [3.8, 4) is 0 Å². The summed E-state index contributed by atoms with van der Waals surface area (Å²) in [6, 6.07) is 7.07. The van der Waals surface area contributed by atoms with Crippen LogP contribution in [0, 0.1) is 3.57 Å². The first-order valence-corrected chi connectivity index (χ1v) is 11.6. The van der Waals surface area contributed by atoms with Crippen molar-refractivity contribution in [2.24, 2.45) is 0 Å². The first-order valence-electron chi connectivity index (χ1n) is 8.66. The van der Waals surface area contributed by atoms with E-state index in [0.717, 1.165) is 53.3 Å². The lowest BCUT2D eigenvalue weighted by Crippen LogP contribution is -2.45. The van der Waals surface area contributed by atoms with E-state index in [9.17, 15) is 13.2 Å². The van der Waals surface area contributed by atoms with Gasteiger partial charge in [0.15, 0.2) is 0 Å². The molecule has 0 aliphatic carbocycles. The Morgan fingerprint density at radius 1 is 1.19 bits per heavy atom. The van der Waals surface area contributed by atoms with E-state index in [1.165, 1.54) is 0 Å². The zero-order valence-corrected chi connectivity index (χ0v) is 18.3. The standard InChI is InChI=1S/C17H27IN4O3S/c1-20-10-12-21(13-11-20)9-3-8-19-17(23)14-22(26(2,24)25)16-6-4-15(18)5-7-16/h4-7H,3,8-14H2,1-2H3,(H,19,23). The molecule has 0 unspecified atom stereocenters. The molecule has 1 fully saturated rings. The van der Waals surface area contributed by atoms with Gasteiger partial charge in [0, 0.05) is 36.3 Å². The number of hydrogen-bond acceptors (Lipinski definition) is 5. The molecular weight excluding hydrogens is 467 g/mol. The predicted molar refractivity (Wildman–Crippen MR) is 113 cm³/mol. The summed E-state index contributed by atoms with van der Waals surface area (Å²) in [5.41, 5.74) is 0.500. The minimum Gasteiger partial charge on any atom is -0.354 e. The van der Waals surface area contributed by atoms with E-state index < -0.39 is 10.0 Å². The summed E-state index contributed by atoms with van der Waals surface area (Å²) in [5.74, 6) is -0.285. The summed E-state index contributed by atoms with van der Waals surface area (Å²) in [4.78, 5) is 16.9. The average molecular weight is 494 g/mol. The Labute approximate surface area is 169 Å². The Morgan fingerprint density at radius 2 is 1.81 bits per heavy atom. The lowest BCUT2D eigenvalue weighted by atomic mass is 10.3. The van der Waals surface area contributed by atoms with Gasteiger partial charge in [0.05, 0.1) is 11.9 Å². The maximum absolute atomic E-state index is 12.2. The highest BCUT2D eigenvalue weighted by atomic mass is 127. The summed E-state index contributed by atoms with van der Waals surface area (Å²) >= 11 is 2.15. The number of rotatable bonds is 8. The second kappa shape index (κ2) is 9.86. The monoisotopic (exact) mass is 494 g/mol. The molecule has 0 radical (unpaired) electrons. The smallest absolute Gasteiger partial charge is 0.240 e. The van der Waals surface area contributed by atoms with Crippen molar-refractivity contribution in [1.29, 1.82) is 0 Å². The first kappa shape index (κ1) is 21.4. The number of nitrogens with one attached hydrogen (secondary N) is 1. The van der Waals surface area contributed by atoms with Crippen LogP contribution in [0.25, 0.3) is 0 Å². The Morgan fingerprint density at radius 3 is 2.38 bits per heavy atom. The number of anilines is 1. The summed E-state index contributed by atoms with van der Waals surface area (Å²) in [7, 11) is -1.40. The minimum absolute atomic E-state index is 0.200. The fourth-order valence-corrected chi connectivity index (χ4v) is 4.01. The van der Waals surface area contributed by atoms with E-state index in [0.29, 0.717) is 12.2 Å². The molecule has 1 aromatic rings. The van der Waals surface area contributed by atoms with Crippen LogP contribution in [0.3, 0.4) is 0 Å². The maximum Gasteiger partial charge on any atom is 0.240 e. The van der Waals surface area contributed by atoms with Crippen molar-refractivity contribution < 1.29 is 13.2 Å². The number of amides is 1. The van der Waals surface area contributed by atoms with E-state index in [1.54, 1.807) is 12.1 Å². The van der Waals surface area contributed by atoms with Crippen molar-refractivity contribution in [3.05, 3.63) is 27.8 Å². The lowest BCUT2D eigenvalue weighted by Gasteiger charge is -2.32. The maximum atomic E-state index is 12.2. The van der Waals surface area contributed by atoms with Crippen LogP contribution in [-0.2, 0) is 14.8 Å². The van der Waals surface area contributed by atoms with E-state index in [-0.39, 0.29) is 12.5 Å². The van der Waals surface area contributed by atoms with Crippen LogP contribution in [-0.4, -0.2) is 83.2 Å². The van der Waals surface area contributed by atoms with Gasteiger partial charge in [0.2, 0.25) is 15.9 Å². The fourth-order valence-electron chi connectivity index (χ4n) is 2.80. The molecule has 0 bridgehead atoms. The third-order valence-electron chi connectivity index (χ3n) is 4.37. The topological polar surface area (TPSA) is 73.0 Å². The Kier molecular flexibility index (Phi) is 8.11. The van der Waals surface area contributed by atoms with E-state index in [2.05, 4.69) is 44.8 Å². The van der Waals surface area contributed by atoms with E-state index in [1.807, 2.05) is 12.1 Å². The van der Waals surface area contributed by atoms with Gasteiger partial charge in [-0.25, -0.2) is 8.42 Å². The zero-order valence-electron chi connectivity index (χ0n) is 15.3. The van der Waals surface area contributed by atoms with Gasteiger partial charge in [-0.1, -0.05) is 0 Å². The molecule has 1 amide bonds. The van der Waals surface area contributed by atoms with Crippen molar-refractivity contribution in [3.63, 3.8) is 0 Å². The summed E-state index contributed by atoms with van der Waals surface area (Å²) < 4.78 is 26.2. The lowest BCUT2D eigenvalue weighted by molar-refractivity contribution is -0.119. The van der Waals surface area contributed by atoms with E-state index in [4.69, 9.17) is 0 Å². The second-order valence-corrected chi connectivity index (χ2v) is 9.75. The number of benzene rings is 1. The molecular formula is C17H27IN4O3S. The number of sulfonamides is 1. The average Bonchev–Trinajstić information content (AvgIpc) is 2.58. The molecule has 1 N–H and O–H groups in total. The molecule has 1 aliphatic heterocycles. The highest BCUT2D eigenvalue weighted by molar-refractivity contribution is 14.1. The minimum atomic E-state index is -3.52. The molecule has 1 heterocycles. The molecule has 0 aromatic heterocycles. The first-order chi connectivity index (χ1) is 12.3. The summed E-state index contributed by atoms with van der Waals surface area (Å²) in [6.07, 6.45) is 1.98. The van der Waals surface area contributed by atoms with Gasteiger partial charge in [-0.2, -0.15) is 0 Å². The molecule has 2 rings (SSSR count). The van der Waals surface area contributed by atoms with Crippen molar-refractivity contribution in [1.82, 2.24) is 15.1 Å². The highest BCUT2D eigenvalue weighted by Gasteiger charge is 2.20. The summed E-state index contributed by atoms with van der Waals surface area (Å²) in [5, 5.41) is 2.83. The molecule has 1 aliphatic rings. The number of carbonyl (C=O) groups is 1. The third-order valence-corrected chi connectivity index (χ3v) is 6.23. The van der Waals surface area contributed by atoms with Gasteiger partial charge in [-0.05, 0) is 66.9 Å². The molecule has 0 spiro atoms. The Bertz CT molecular complexity index is 688.